The minimum Gasteiger partial charge on any atom is -0.496 e. The van der Waals surface area contributed by atoms with E-state index in [9.17, 15) is 13.2 Å². The summed E-state index contributed by atoms with van der Waals surface area (Å²) in [4.78, 5) is 12.8. The fourth-order valence-corrected chi connectivity index (χ4v) is 5.92. The Labute approximate surface area is 201 Å². The molecule has 0 saturated carbocycles. The SMILES string of the molecule is COc1ccccc1[C@@H](C)NC(=O)CCc1ccc(S(=O)(=O)N2CCCc3ccccc32)cc1. The van der Waals surface area contributed by atoms with Crippen molar-refractivity contribution < 1.29 is 17.9 Å². The number of rotatable bonds is 8. The van der Waals surface area contributed by atoms with E-state index in [2.05, 4.69) is 5.32 Å². The van der Waals surface area contributed by atoms with Crippen molar-refractivity contribution in [1.82, 2.24) is 5.32 Å². The molecule has 178 valence electrons. The molecule has 1 atom stereocenters. The molecule has 1 heterocycles. The third-order valence-electron chi connectivity index (χ3n) is 6.20. The molecular weight excluding hydrogens is 448 g/mol. The van der Waals surface area contributed by atoms with E-state index in [4.69, 9.17) is 4.74 Å². The van der Waals surface area contributed by atoms with Crippen molar-refractivity contribution in [3.8, 4) is 5.75 Å². The van der Waals surface area contributed by atoms with Crippen LogP contribution in [0.4, 0.5) is 5.69 Å². The normalized spacial score (nSPS) is 14.2. The van der Waals surface area contributed by atoms with Gasteiger partial charge in [0.15, 0.2) is 0 Å². The quantitative estimate of drug-likeness (QED) is 0.512. The average molecular weight is 479 g/mol. The van der Waals surface area contributed by atoms with Gasteiger partial charge in [-0.25, -0.2) is 8.42 Å². The summed E-state index contributed by atoms with van der Waals surface area (Å²) in [7, 11) is -2.02. The summed E-state index contributed by atoms with van der Waals surface area (Å²) in [6, 6.07) is 22.0. The number of nitrogens with one attached hydrogen (secondary N) is 1. The number of benzene rings is 3. The predicted octanol–water partition coefficient (Wildman–Crippen LogP) is 4.65. The summed E-state index contributed by atoms with van der Waals surface area (Å²) >= 11 is 0. The van der Waals surface area contributed by atoms with Gasteiger partial charge in [-0.05, 0) is 61.6 Å². The number of methoxy groups -OCH3 is 1. The lowest BCUT2D eigenvalue weighted by atomic mass is 10.0. The maximum absolute atomic E-state index is 13.3. The van der Waals surface area contributed by atoms with E-state index in [1.165, 1.54) is 4.31 Å². The number of para-hydroxylation sites is 2. The van der Waals surface area contributed by atoms with Crippen LogP contribution in [0.2, 0.25) is 0 Å². The zero-order valence-electron chi connectivity index (χ0n) is 19.5. The number of nitrogens with zero attached hydrogens (tertiary/aromatic N) is 1. The summed E-state index contributed by atoms with van der Waals surface area (Å²) in [6.45, 7) is 2.40. The molecule has 7 heteroatoms. The topological polar surface area (TPSA) is 75.7 Å². The van der Waals surface area contributed by atoms with Crippen molar-refractivity contribution in [1.29, 1.82) is 0 Å². The molecule has 0 aliphatic carbocycles. The zero-order chi connectivity index (χ0) is 24.1. The lowest BCUT2D eigenvalue weighted by Crippen LogP contribution is -2.35. The molecule has 0 fully saturated rings. The molecule has 0 radical (unpaired) electrons. The maximum Gasteiger partial charge on any atom is 0.264 e. The highest BCUT2D eigenvalue weighted by Crippen LogP contribution is 2.32. The van der Waals surface area contributed by atoms with Gasteiger partial charge in [-0.3, -0.25) is 9.10 Å². The molecular formula is C27H30N2O4S. The number of hydrogen-bond donors (Lipinski definition) is 1. The molecule has 1 amide bonds. The van der Waals surface area contributed by atoms with Crippen LogP contribution in [0.15, 0.2) is 77.7 Å². The number of sulfonamides is 1. The predicted molar refractivity (Wildman–Crippen MR) is 134 cm³/mol. The summed E-state index contributed by atoms with van der Waals surface area (Å²) < 4.78 is 33.5. The van der Waals surface area contributed by atoms with Crippen molar-refractivity contribution in [3.63, 3.8) is 0 Å². The minimum atomic E-state index is -3.63. The van der Waals surface area contributed by atoms with Crippen molar-refractivity contribution in [2.45, 2.75) is 43.5 Å². The van der Waals surface area contributed by atoms with E-state index in [1.807, 2.05) is 55.5 Å². The van der Waals surface area contributed by atoms with Gasteiger partial charge in [0.1, 0.15) is 5.75 Å². The molecule has 1 aliphatic heterocycles. The Kier molecular flexibility index (Phi) is 7.22. The van der Waals surface area contributed by atoms with Crippen LogP contribution in [0.3, 0.4) is 0 Å². The number of amides is 1. The van der Waals surface area contributed by atoms with Crippen LogP contribution in [0.25, 0.3) is 0 Å². The van der Waals surface area contributed by atoms with E-state index in [0.717, 1.165) is 41.0 Å². The zero-order valence-corrected chi connectivity index (χ0v) is 20.3. The molecule has 3 aromatic rings. The summed E-state index contributed by atoms with van der Waals surface area (Å²) in [6.07, 6.45) is 2.53. The first-order valence-corrected chi connectivity index (χ1v) is 13.0. The Balaban J connectivity index is 1.38. The monoisotopic (exact) mass is 478 g/mol. The maximum atomic E-state index is 13.3. The van der Waals surface area contributed by atoms with Crippen molar-refractivity contribution >= 4 is 21.6 Å². The van der Waals surface area contributed by atoms with Crippen LogP contribution >= 0.6 is 0 Å². The van der Waals surface area contributed by atoms with Crippen LogP contribution in [0.1, 0.15) is 42.5 Å². The lowest BCUT2D eigenvalue weighted by Gasteiger charge is -2.30. The molecule has 0 aromatic heterocycles. The number of aryl methyl sites for hydroxylation is 2. The van der Waals surface area contributed by atoms with E-state index in [-0.39, 0.29) is 16.8 Å². The molecule has 0 spiro atoms. The number of ether oxygens (including phenoxy) is 1. The Hall–Kier alpha value is -3.32. The van der Waals surface area contributed by atoms with Gasteiger partial charge in [-0.1, -0.05) is 48.5 Å². The molecule has 6 nitrogen and oxygen atoms in total. The third-order valence-corrected chi connectivity index (χ3v) is 8.03. The number of carbonyl (C=O) groups excluding carboxylic acids is 1. The van der Waals surface area contributed by atoms with Gasteiger partial charge in [0.25, 0.3) is 10.0 Å². The molecule has 4 rings (SSSR count). The fraction of sp³-hybridized carbons (Fsp3) is 0.296. The molecule has 1 N–H and O–H groups in total. The standard InChI is InChI=1S/C27H30N2O4S/c1-20(24-10-4-6-12-26(24)33-2)28-27(30)18-15-21-13-16-23(17-14-21)34(31,32)29-19-7-9-22-8-3-5-11-25(22)29/h3-6,8,10-14,16-17,20H,7,9,15,18-19H2,1-2H3,(H,28,30)/t20-/m1/s1. The Morgan fingerprint density at radius 2 is 1.74 bits per heavy atom. The van der Waals surface area contributed by atoms with E-state index in [1.54, 1.807) is 31.4 Å². The number of anilines is 1. The number of carbonyl (C=O) groups is 1. The van der Waals surface area contributed by atoms with Gasteiger partial charge in [0.2, 0.25) is 5.91 Å². The van der Waals surface area contributed by atoms with E-state index < -0.39 is 10.0 Å². The van der Waals surface area contributed by atoms with Crippen LogP contribution in [-0.4, -0.2) is 28.0 Å². The highest BCUT2D eigenvalue weighted by atomic mass is 32.2. The Morgan fingerprint density at radius 3 is 2.50 bits per heavy atom. The lowest BCUT2D eigenvalue weighted by molar-refractivity contribution is -0.121. The average Bonchev–Trinajstić information content (AvgIpc) is 2.87. The first-order chi connectivity index (χ1) is 16.4. The van der Waals surface area contributed by atoms with Gasteiger partial charge in [-0.15, -0.1) is 0 Å². The smallest absolute Gasteiger partial charge is 0.264 e. The second-order valence-corrected chi connectivity index (χ2v) is 10.3. The second-order valence-electron chi connectivity index (χ2n) is 8.48. The highest BCUT2D eigenvalue weighted by molar-refractivity contribution is 7.92. The minimum absolute atomic E-state index is 0.0694. The molecule has 0 saturated heterocycles. The third kappa shape index (κ3) is 5.09. The largest absolute Gasteiger partial charge is 0.496 e. The van der Waals surface area contributed by atoms with Gasteiger partial charge >= 0.3 is 0 Å². The van der Waals surface area contributed by atoms with Gasteiger partial charge in [-0.2, -0.15) is 0 Å². The van der Waals surface area contributed by atoms with E-state index >= 15 is 0 Å². The molecule has 3 aromatic carbocycles. The second kappa shape index (κ2) is 10.3. The summed E-state index contributed by atoms with van der Waals surface area (Å²) in [5.74, 6) is 0.670. The van der Waals surface area contributed by atoms with Crippen molar-refractivity contribution in [2.24, 2.45) is 0 Å². The first kappa shape index (κ1) is 23.8. The molecule has 1 aliphatic rings. The number of hydrogen-bond acceptors (Lipinski definition) is 4. The van der Waals surface area contributed by atoms with Crippen LogP contribution in [0.5, 0.6) is 5.75 Å². The van der Waals surface area contributed by atoms with Gasteiger partial charge in [0, 0.05) is 18.5 Å². The summed E-state index contributed by atoms with van der Waals surface area (Å²) in [5, 5.41) is 3.01. The van der Waals surface area contributed by atoms with Gasteiger partial charge < -0.3 is 10.1 Å². The Morgan fingerprint density at radius 1 is 1.03 bits per heavy atom. The van der Waals surface area contributed by atoms with Crippen LogP contribution in [0, 0.1) is 0 Å². The van der Waals surface area contributed by atoms with Gasteiger partial charge in [0.05, 0.1) is 23.7 Å². The first-order valence-electron chi connectivity index (χ1n) is 11.5. The number of fused-ring (bicyclic) bond motifs is 1. The Bertz CT molecular complexity index is 1260. The van der Waals surface area contributed by atoms with Crippen molar-refractivity contribution in [2.75, 3.05) is 18.0 Å². The van der Waals surface area contributed by atoms with Crippen molar-refractivity contribution in [3.05, 3.63) is 89.5 Å². The summed E-state index contributed by atoms with van der Waals surface area (Å²) in [5.41, 5.74) is 3.66. The van der Waals surface area contributed by atoms with E-state index in [0.29, 0.717) is 19.4 Å². The molecule has 34 heavy (non-hydrogen) atoms. The fourth-order valence-electron chi connectivity index (χ4n) is 4.38. The molecule has 0 bridgehead atoms. The van der Waals surface area contributed by atoms with Crippen LogP contribution in [-0.2, 0) is 27.7 Å². The van der Waals surface area contributed by atoms with Crippen LogP contribution < -0.4 is 14.4 Å². The molecule has 0 unspecified atom stereocenters. The highest BCUT2D eigenvalue weighted by Gasteiger charge is 2.28.